The second-order valence-corrected chi connectivity index (χ2v) is 9.98. The molecule has 2 unspecified atom stereocenters. The van der Waals surface area contributed by atoms with Crippen LogP contribution in [0.25, 0.3) is 11.4 Å². The lowest BCUT2D eigenvalue weighted by Crippen LogP contribution is -2.44. The van der Waals surface area contributed by atoms with Crippen LogP contribution >= 0.6 is 0 Å². The minimum Gasteiger partial charge on any atom is -0.459 e. The van der Waals surface area contributed by atoms with Gasteiger partial charge in [0, 0.05) is 24.7 Å². The van der Waals surface area contributed by atoms with E-state index in [1.165, 1.54) is 6.26 Å². The Bertz CT molecular complexity index is 1180. The molecule has 0 saturated heterocycles. The van der Waals surface area contributed by atoms with Gasteiger partial charge in [-0.15, -0.1) is 0 Å². The fourth-order valence-electron chi connectivity index (χ4n) is 5.70. The summed E-state index contributed by atoms with van der Waals surface area (Å²) in [5.41, 5.74) is 2.17. The first kappa shape index (κ1) is 22.4. The molecule has 7 nitrogen and oxygen atoms in total. The molecule has 34 heavy (non-hydrogen) atoms. The van der Waals surface area contributed by atoms with E-state index in [1.807, 2.05) is 30.3 Å². The van der Waals surface area contributed by atoms with Crippen LogP contribution < -0.4 is 5.32 Å². The number of hydrogen-bond donors (Lipinski definition) is 1. The summed E-state index contributed by atoms with van der Waals surface area (Å²) in [6.45, 7) is 8.13. The Kier molecular flexibility index (Phi) is 5.80. The van der Waals surface area contributed by atoms with Crippen molar-refractivity contribution in [2.75, 3.05) is 6.54 Å². The minimum atomic E-state index is -0.173. The van der Waals surface area contributed by atoms with Gasteiger partial charge in [-0.25, -0.2) is 4.98 Å². The van der Waals surface area contributed by atoms with Gasteiger partial charge in [0.15, 0.2) is 11.5 Å². The maximum Gasteiger partial charge on any atom is 0.289 e. The number of furan rings is 1. The van der Waals surface area contributed by atoms with Crippen LogP contribution in [0.2, 0.25) is 0 Å². The van der Waals surface area contributed by atoms with Crippen molar-refractivity contribution in [2.24, 2.45) is 11.3 Å². The van der Waals surface area contributed by atoms with Crippen LogP contribution in [0.4, 0.5) is 0 Å². The Labute approximate surface area is 200 Å². The van der Waals surface area contributed by atoms with Gasteiger partial charge in [0.05, 0.1) is 18.5 Å². The van der Waals surface area contributed by atoms with E-state index >= 15 is 0 Å². The smallest absolute Gasteiger partial charge is 0.289 e. The molecule has 0 spiro atoms. The van der Waals surface area contributed by atoms with Gasteiger partial charge in [0.25, 0.3) is 11.8 Å². The number of aromatic nitrogens is 2. The first-order valence-electron chi connectivity index (χ1n) is 12.2. The molecule has 178 valence electrons. The van der Waals surface area contributed by atoms with Gasteiger partial charge < -0.3 is 19.2 Å². The maximum atomic E-state index is 13.6. The molecule has 5 rings (SSSR count). The van der Waals surface area contributed by atoms with Crippen molar-refractivity contribution >= 4 is 11.8 Å². The summed E-state index contributed by atoms with van der Waals surface area (Å²) in [7, 11) is 0. The summed E-state index contributed by atoms with van der Waals surface area (Å²) in [5, 5.41) is 3.30. The van der Waals surface area contributed by atoms with Gasteiger partial charge in [-0.3, -0.25) is 9.59 Å². The van der Waals surface area contributed by atoms with Crippen LogP contribution in [0.15, 0.2) is 53.1 Å². The lowest BCUT2D eigenvalue weighted by Gasteiger charge is -2.33. The van der Waals surface area contributed by atoms with Crippen molar-refractivity contribution in [3.63, 3.8) is 0 Å². The average molecular weight is 461 g/mol. The quantitative estimate of drug-likeness (QED) is 0.596. The standard InChI is InChI=1S/C27H32N4O3/c1-4-19-12-13-22(27(19,2)3)28-25(32)23-20-17-30(26(33)21-11-8-16-34-21)14-15-31(20)24(29-23)18-9-6-5-7-10-18/h5-11,16,19,22H,4,12-15,17H2,1-3H3,(H,28,32). The van der Waals surface area contributed by atoms with Gasteiger partial charge in [-0.1, -0.05) is 57.5 Å². The molecule has 0 bridgehead atoms. The number of nitrogens with zero attached hydrogens (tertiary/aromatic N) is 3. The summed E-state index contributed by atoms with van der Waals surface area (Å²) >= 11 is 0. The lowest BCUT2D eigenvalue weighted by atomic mass is 9.78. The summed E-state index contributed by atoms with van der Waals surface area (Å²) in [6, 6.07) is 13.4. The van der Waals surface area contributed by atoms with E-state index in [-0.39, 0.29) is 23.3 Å². The number of nitrogens with one attached hydrogen (secondary N) is 1. The van der Waals surface area contributed by atoms with Gasteiger partial charge in [0.2, 0.25) is 0 Å². The van der Waals surface area contributed by atoms with E-state index in [4.69, 9.17) is 9.40 Å². The summed E-state index contributed by atoms with van der Waals surface area (Å²) in [6.07, 6.45) is 4.71. The molecule has 2 aromatic heterocycles. The van der Waals surface area contributed by atoms with Crippen LogP contribution in [0.1, 0.15) is 66.8 Å². The molecular weight excluding hydrogens is 428 g/mol. The number of hydrogen-bond acceptors (Lipinski definition) is 4. The highest BCUT2D eigenvalue weighted by molar-refractivity contribution is 5.95. The van der Waals surface area contributed by atoms with Crippen LogP contribution in [-0.2, 0) is 13.1 Å². The number of fused-ring (bicyclic) bond motifs is 1. The number of rotatable bonds is 5. The van der Waals surface area contributed by atoms with Crippen LogP contribution in [0.5, 0.6) is 0 Å². The largest absolute Gasteiger partial charge is 0.459 e. The normalized spacial score (nSPS) is 21.3. The maximum absolute atomic E-state index is 13.6. The predicted octanol–water partition coefficient (Wildman–Crippen LogP) is 4.74. The van der Waals surface area contributed by atoms with Gasteiger partial charge in [0.1, 0.15) is 5.82 Å². The lowest BCUT2D eigenvalue weighted by molar-refractivity contribution is 0.0675. The topological polar surface area (TPSA) is 80.4 Å². The highest BCUT2D eigenvalue weighted by Crippen LogP contribution is 2.44. The van der Waals surface area contributed by atoms with Crippen molar-refractivity contribution in [1.29, 1.82) is 0 Å². The van der Waals surface area contributed by atoms with Crippen LogP contribution in [-0.4, -0.2) is 38.9 Å². The third-order valence-corrected chi connectivity index (χ3v) is 7.83. The Morgan fingerprint density at radius 2 is 1.91 bits per heavy atom. The third-order valence-electron chi connectivity index (χ3n) is 7.83. The van der Waals surface area contributed by atoms with E-state index in [0.29, 0.717) is 37.0 Å². The predicted molar refractivity (Wildman–Crippen MR) is 129 cm³/mol. The zero-order valence-corrected chi connectivity index (χ0v) is 20.1. The van der Waals surface area contributed by atoms with E-state index in [9.17, 15) is 9.59 Å². The van der Waals surface area contributed by atoms with Gasteiger partial charge in [-0.2, -0.15) is 0 Å². The van der Waals surface area contributed by atoms with E-state index in [2.05, 4.69) is 30.7 Å². The second-order valence-electron chi connectivity index (χ2n) is 9.98. The number of benzene rings is 1. The number of carbonyl (C=O) groups excluding carboxylic acids is 2. The van der Waals surface area contributed by atoms with Crippen LogP contribution in [0.3, 0.4) is 0 Å². The Hall–Kier alpha value is -3.35. The highest BCUT2D eigenvalue weighted by atomic mass is 16.3. The average Bonchev–Trinajstić information content (AvgIpc) is 3.57. The van der Waals surface area contributed by atoms with Crippen molar-refractivity contribution < 1.29 is 14.0 Å². The molecule has 1 fully saturated rings. The van der Waals surface area contributed by atoms with Gasteiger partial charge >= 0.3 is 0 Å². The fourth-order valence-corrected chi connectivity index (χ4v) is 5.70. The molecule has 7 heteroatoms. The molecule has 2 aliphatic rings. The number of amides is 2. The van der Waals surface area contributed by atoms with Crippen molar-refractivity contribution in [2.45, 2.75) is 59.2 Å². The molecule has 1 aromatic carbocycles. The summed E-state index contributed by atoms with van der Waals surface area (Å²) < 4.78 is 7.42. The number of carbonyl (C=O) groups is 2. The molecule has 2 amide bonds. The third kappa shape index (κ3) is 3.83. The monoisotopic (exact) mass is 460 g/mol. The minimum absolute atomic E-state index is 0.0355. The molecule has 2 atom stereocenters. The van der Waals surface area contributed by atoms with Crippen LogP contribution in [0, 0.1) is 11.3 Å². The van der Waals surface area contributed by atoms with E-state index in [1.54, 1.807) is 17.0 Å². The Morgan fingerprint density at radius 3 is 2.59 bits per heavy atom. The second kappa shape index (κ2) is 8.78. The van der Waals surface area contributed by atoms with Crippen molar-refractivity contribution in [1.82, 2.24) is 19.8 Å². The van der Waals surface area contributed by atoms with Gasteiger partial charge in [-0.05, 0) is 36.3 Å². The molecular formula is C27H32N4O3. The molecule has 1 N–H and O–H groups in total. The van der Waals surface area contributed by atoms with E-state index < -0.39 is 0 Å². The summed E-state index contributed by atoms with van der Waals surface area (Å²) in [4.78, 5) is 33.1. The Morgan fingerprint density at radius 1 is 1.12 bits per heavy atom. The zero-order valence-electron chi connectivity index (χ0n) is 20.1. The SMILES string of the molecule is CCC1CCC(NC(=O)c2nc(-c3ccccc3)n3c2CN(C(=O)c2ccco2)CC3)C1(C)C. The molecule has 3 aromatic rings. The zero-order chi connectivity index (χ0) is 23.9. The first-order valence-corrected chi connectivity index (χ1v) is 12.2. The molecule has 3 heterocycles. The molecule has 1 saturated carbocycles. The molecule has 1 aliphatic heterocycles. The Balaban J connectivity index is 1.48. The number of imidazole rings is 1. The van der Waals surface area contributed by atoms with Crippen molar-refractivity contribution in [3.05, 3.63) is 65.9 Å². The highest BCUT2D eigenvalue weighted by Gasteiger charge is 2.43. The molecule has 1 aliphatic carbocycles. The first-order chi connectivity index (χ1) is 16.4. The summed E-state index contributed by atoms with van der Waals surface area (Å²) in [5.74, 6) is 1.33. The molecule has 0 radical (unpaired) electrons. The fraction of sp³-hybridized carbons (Fsp3) is 0.444. The van der Waals surface area contributed by atoms with Crippen molar-refractivity contribution in [3.8, 4) is 11.4 Å². The van der Waals surface area contributed by atoms with E-state index in [0.717, 1.165) is 36.3 Å².